The summed E-state index contributed by atoms with van der Waals surface area (Å²) in [6, 6.07) is 17.5. The number of halogens is 5. The van der Waals surface area contributed by atoms with Crippen molar-refractivity contribution in [3.05, 3.63) is 158 Å². The fourth-order valence-corrected chi connectivity index (χ4v) is 14.9. The van der Waals surface area contributed by atoms with Gasteiger partial charge in [-0.3, -0.25) is 0 Å². The number of nitrogens with two attached hydrogens (primary N) is 3. The Balaban J connectivity index is 0.000000128. The van der Waals surface area contributed by atoms with E-state index in [1.807, 2.05) is 29.0 Å². The Morgan fingerprint density at radius 3 is 1.54 bits per heavy atom. The molecule has 3 aliphatic heterocycles. The van der Waals surface area contributed by atoms with Crippen molar-refractivity contribution in [2.24, 2.45) is 0 Å². The number of ether oxygens (including phenoxy) is 3. The molecule has 9 aromatic rings. The number of aromatic nitrogens is 6. The summed E-state index contributed by atoms with van der Waals surface area (Å²) >= 11 is 3.52. The second-order valence-electron chi connectivity index (χ2n) is 25.2. The van der Waals surface area contributed by atoms with E-state index in [0.717, 1.165) is 82.8 Å². The number of rotatable bonds is 10. The van der Waals surface area contributed by atoms with Crippen molar-refractivity contribution in [2.75, 3.05) is 43.9 Å². The minimum Gasteiger partial charge on any atom is -0.487 e. The minimum absolute atomic E-state index is 0.122. The summed E-state index contributed by atoms with van der Waals surface area (Å²) in [7, 11) is 2.08. The normalized spacial score (nSPS) is 25.8. The maximum absolute atomic E-state index is 14.5. The van der Waals surface area contributed by atoms with Gasteiger partial charge >= 0.3 is 0 Å². The monoisotopic (exact) mass is 1360 g/mol. The highest BCUT2D eigenvalue weighted by Gasteiger charge is 2.48. The smallest absolute Gasteiger partial charge is 0.270 e. The lowest BCUT2D eigenvalue weighted by Gasteiger charge is -2.28. The quantitative estimate of drug-likeness (QED) is 0.0651. The molecule has 6 aromatic heterocycles. The van der Waals surface area contributed by atoms with E-state index in [-0.39, 0.29) is 45.5 Å². The molecule has 6 aliphatic rings. The Morgan fingerprint density at radius 2 is 1.04 bits per heavy atom. The lowest BCUT2D eigenvalue weighted by Crippen LogP contribution is -2.35. The minimum atomic E-state index is -3.05. The summed E-state index contributed by atoms with van der Waals surface area (Å²) in [5.74, 6) is -2.56. The summed E-state index contributed by atoms with van der Waals surface area (Å²) in [6.07, 6.45) is 2.93. The van der Waals surface area contributed by atoms with Crippen LogP contribution in [0.5, 0.6) is 17.2 Å². The van der Waals surface area contributed by atoms with Gasteiger partial charge in [0.25, 0.3) is 5.92 Å². The molecule has 0 amide bonds. The Labute approximate surface area is 545 Å². The van der Waals surface area contributed by atoms with Crippen LogP contribution in [-0.4, -0.2) is 146 Å². The molecule has 22 nitrogen and oxygen atoms in total. The van der Waals surface area contributed by atoms with E-state index < -0.39 is 90.6 Å². The summed E-state index contributed by atoms with van der Waals surface area (Å²) in [4.78, 5) is 15.1. The van der Waals surface area contributed by atoms with Crippen LogP contribution in [0.4, 0.5) is 34.6 Å². The number of fused-ring (bicyclic) bond motifs is 6. The zero-order valence-electron chi connectivity index (χ0n) is 51.3. The number of aliphatic hydroxyl groups is 6. The Bertz CT molecular complexity index is 4390. The first-order valence-electron chi connectivity index (χ1n) is 31.2. The van der Waals surface area contributed by atoms with E-state index in [1.165, 1.54) is 59.2 Å². The Morgan fingerprint density at radius 1 is 0.585 bits per heavy atom. The number of benzene rings is 3. The largest absolute Gasteiger partial charge is 0.487 e. The van der Waals surface area contributed by atoms with Gasteiger partial charge in [-0.2, -0.15) is 5.26 Å². The van der Waals surface area contributed by atoms with Gasteiger partial charge in [-0.15, -0.1) is 0 Å². The van der Waals surface area contributed by atoms with Crippen molar-refractivity contribution in [1.29, 1.82) is 5.26 Å². The van der Waals surface area contributed by atoms with Gasteiger partial charge in [0.1, 0.15) is 89.1 Å². The van der Waals surface area contributed by atoms with Gasteiger partial charge in [-0.25, -0.2) is 32.5 Å². The molecular weight excluding hydrogens is 1290 g/mol. The van der Waals surface area contributed by atoms with Gasteiger partial charge in [0.05, 0.1) is 45.9 Å². The number of nitrogen functional groups attached to an aromatic ring is 3. The first kappa shape index (κ1) is 64.6. The van der Waals surface area contributed by atoms with Crippen LogP contribution in [0.15, 0.2) is 102 Å². The average Bonchev–Trinajstić information content (AvgIpc) is 1.59. The van der Waals surface area contributed by atoms with Gasteiger partial charge in [-0.05, 0) is 126 Å². The molecule has 27 heteroatoms. The number of anilines is 3. The number of nitriles is 1. The predicted octanol–water partition coefficient (Wildman–Crippen LogP) is 6.50. The Kier molecular flexibility index (Phi) is 17.8. The van der Waals surface area contributed by atoms with Crippen LogP contribution in [0.3, 0.4) is 0 Å². The van der Waals surface area contributed by atoms with E-state index in [0.29, 0.717) is 67.2 Å². The first-order valence-corrected chi connectivity index (χ1v) is 32.0. The van der Waals surface area contributed by atoms with Crippen LogP contribution in [-0.2, 0) is 44.8 Å². The van der Waals surface area contributed by atoms with Gasteiger partial charge in [0.15, 0.2) is 11.6 Å². The number of hydrogen-bond donors (Lipinski definition) is 11. The lowest BCUT2D eigenvalue weighted by atomic mass is 9.95. The molecular formula is C67H72BrF4N13O9. The molecule has 0 bridgehead atoms. The number of alkyl halides is 2. The van der Waals surface area contributed by atoms with Gasteiger partial charge in [-0.1, -0.05) is 12.1 Å². The molecule has 9 heterocycles. The van der Waals surface area contributed by atoms with E-state index in [4.69, 9.17) is 31.4 Å². The second-order valence-corrected chi connectivity index (χ2v) is 26.1. The number of likely N-dealkylation sites (N-methyl/N-ethyl adjacent to an activating group) is 1. The molecule has 94 heavy (non-hydrogen) atoms. The van der Waals surface area contributed by atoms with Gasteiger partial charge in [0, 0.05) is 128 Å². The predicted molar refractivity (Wildman–Crippen MR) is 345 cm³/mol. The second kappa shape index (κ2) is 25.9. The number of pyridine rings is 3. The topological polar surface area (TPSA) is 332 Å². The highest BCUT2D eigenvalue weighted by Crippen LogP contribution is 2.44. The van der Waals surface area contributed by atoms with Crippen LogP contribution in [0.25, 0.3) is 33.1 Å². The van der Waals surface area contributed by atoms with Crippen molar-refractivity contribution in [1.82, 2.24) is 44.2 Å². The van der Waals surface area contributed by atoms with Crippen LogP contribution in [0.1, 0.15) is 88.8 Å². The molecule has 0 unspecified atom stereocenters. The third kappa shape index (κ3) is 12.0. The summed E-state index contributed by atoms with van der Waals surface area (Å²) < 4.78 is 81.4. The summed E-state index contributed by atoms with van der Waals surface area (Å²) in [6.45, 7) is 5.23. The van der Waals surface area contributed by atoms with Gasteiger partial charge < -0.3 is 91.3 Å². The summed E-state index contributed by atoms with van der Waals surface area (Å²) in [5, 5.41) is 81.6. The first-order chi connectivity index (χ1) is 45.1. The molecule has 3 saturated carbocycles. The molecule has 3 fully saturated rings. The molecule has 0 radical (unpaired) electrons. The number of hydrogen-bond acceptors (Lipinski definition) is 19. The Hall–Kier alpha value is -8.14. The van der Waals surface area contributed by atoms with E-state index >= 15 is 0 Å². The zero-order valence-corrected chi connectivity index (χ0v) is 52.8. The van der Waals surface area contributed by atoms with Crippen LogP contribution < -0.4 is 42.0 Å². The lowest BCUT2D eigenvalue weighted by molar-refractivity contribution is -0.0171. The number of aliphatic hydroxyl groups excluding tert-OH is 6. The van der Waals surface area contributed by atoms with E-state index in [9.17, 15) is 53.5 Å². The third-order valence-electron chi connectivity index (χ3n) is 19.2. The molecule has 0 spiro atoms. The standard InChI is InChI=1S/C23H25F3N4O3.C22H22BrN5O3.C22H25FN4O3/c1-23(25,26)12-6-11-2-4-28-9-13(11)17(7-12)33-18-8-16(20(31)21(18)32)30-10-14(24)19-15(27)3-5-29-22(19)30;23-14-10-28(22-19(14)15(25)2-4-27-22)16-7-18(21(30)20(16)29)31-17-6-11(8-24)5-12-1-3-26-9-13(12)17;1-26-8-6-13-12(10-26)3-2-4-17(13)30-18-9-16(20(28)21(18)29)27-11-14(23)19-15(24)5-7-25-22(19)27/h3,5-7,10,16,18,20-21,28,31-32H,2,4,8-9H2,1H3,(H2,27,29);2,4-6,10,16,18,20-21,26,29-30H,1,3,7,9H2,(H2,25,27);2-5,7,11,16,18,20-21,28-29H,6,8-10H2,1H3,(H2,24,25)/t3*16-,18+,20+,21-/m111/s1. The molecule has 0 saturated heterocycles. The molecule has 494 valence electrons. The maximum atomic E-state index is 14.5. The van der Waals surface area contributed by atoms with Crippen LogP contribution >= 0.6 is 15.9 Å². The molecule has 3 aliphatic carbocycles. The van der Waals surface area contributed by atoms with E-state index in [1.54, 1.807) is 22.9 Å². The van der Waals surface area contributed by atoms with Crippen LogP contribution in [0.2, 0.25) is 0 Å². The maximum Gasteiger partial charge on any atom is 0.270 e. The SMILES string of the molecule is CC(F)(F)c1cc2c(c(O[C@H]3C[C@@H](n4cc(F)c5c(N)ccnc54)[C@H](O)[C@@H]3O)c1)CNCC2.CN1CCc2c(cccc2O[C@H]2C[C@@H](n3cc(F)c4c(N)ccnc43)[C@H](O)[C@@H]2O)C1.N#Cc1cc2c(c(O[C@H]3C[C@@H](n4cc(Br)c5c(N)ccnc54)[C@H](O)[C@@H]3O)c1)CNCC2. The fraction of sp³-hybridized carbons (Fsp3) is 0.403. The van der Waals surface area contributed by atoms with Crippen molar-refractivity contribution < 1.29 is 62.4 Å². The van der Waals surface area contributed by atoms with Crippen molar-refractivity contribution in [3.63, 3.8) is 0 Å². The average molecular weight is 1360 g/mol. The fourth-order valence-electron chi connectivity index (χ4n) is 14.3. The zero-order chi connectivity index (χ0) is 66.2. The van der Waals surface area contributed by atoms with Crippen LogP contribution in [0, 0.1) is 23.0 Å². The van der Waals surface area contributed by atoms with Crippen molar-refractivity contribution >= 4 is 66.1 Å². The number of nitrogens with one attached hydrogen (secondary N) is 2. The van der Waals surface area contributed by atoms with Crippen molar-refractivity contribution in [2.45, 2.75) is 144 Å². The molecule has 3 aromatic carbocycles. The highest BCUT2D eigenvalue weighted by atomic mass is 79.9. The molecule has 12 atom stereocenters. The molecule has 14 N–H and O–H groups in total. The third-order valence-corrected chi connectivity index (χ3v) is 19.8. The van der Waals surface area contributed by atoms with Gasteiger partial charge in [0.2, 0.25) is 0 Å². The van der Waals surface area contributed by atoms with Crippen molar-refractivity contribution in [3.8, 4) is 23.3 Å². The van der Waals surface area contributed by atoms with E-state index in [2.05, 4.69) is 65.6 Å². The highest BCUT2D eigenvalue weighted by molar-refractivity contribution is 9.10. The molecule has 15 rings (SSSR count). The summed E-state index contributed by atoms with van der Waals surface area (Å²) in [5.41, 5.74) is 26.5. The number of nitrogens with zero attached hydrogens (tertiary/aromatic N) is 8.